The van der Waals surface area contributed by atoms with Crippen LogP contribution >= 0.6 is 23.1 Å². The molecule has 0 radical (unpaired) electrons. The van der Waals surface area contributed by atoms with Gasteiger partial charge < -0.3 is 9.64 Å². The molecule has 1 atom stereocenters. The maximum absolute atomic E-state index is 6.12. The van der Waals surface area contributed by atoms with Gasteiger partial charge in [0.15, 0.2) is 0 Å². The van der Waals surface area contributed by atoms with E-state index in [1.54, 1.807) is 16.3 Å². The highest BCUT2D eigenvalue weighted by Crippen LogP contribution is 2.28. The van der Waals surface area contributed by atoms with E-state index in [0.717, 1.165) is 45.2 Å². The van der Waals surface area contributed by atoms with Crippen LogP contribution in [0, 0.1) is 0 Å². The van der Waals surface area contributed by atoms with Crippen molar-refractivity contribution in [3.05, 3.63) is 66.4 Å². The summed E-state index contributed by atoms with van der Waals surface area (Å²) < 4.78 is 7.88. The highest BCUT2D eigenvalue weighted by molar-refractivity contribution is 7.98. The molecule has 1 aliphatic heterocycles. The Morgan fingerprint density at radius 1 is 1.18 bits per heavy atom. The number of hydrogen-bond donors (Lipinski definition) is 0. The van der Waals surface area contributed by atoms with Crippen LogP contribution in [-0.2, 0) is 6.42 Å². The summed E-state index contributed by atoms with van der Waals surface area (Å²) in [7, 11) is 0. The average molecular weight is 492 g/mol. The van der Waals surface area contributed by atoms with E-state index in [2.05, 4.69) is 38.0 Å². The number of aryl methyl sites for hydroxylation is 1. The number of aromatic nitrogens is 6. The zero-order valence-electron chi connectivity index (χ0n) is 19.3. The lowest BCUT2D eigenvalue weighted by Crippen LogP contribution is -2.24. The molecule has 4 aromatic rings. The Labute approximate surface area is 206 Å². The molecule has 8 nitrogen and oxygen atoms in total. The second kappa shape index (κ2) is 9.94. The number of thioether (sulfide) groups is 1. The van der Waals surface area contributed by atoms with Crippen LogP contribution in [0.25, 0.3) is 16.2 Å². The van der Waals surface area contributed by atoms with Crippen molar-refractivity contribution in [1.82, 2.24) is 29.5 Å². The summed E-state index contributed by atoms with van der Waals surface area (Å²) in [5.74, 6) is 0.704. The molecule has 4 aromatic heterocycles. The summed E-state index contributed by atoms with van der Waals surface area (Å²) in [6.07, 6.45) is 17.7. The van der Waals surface area contributed by atoms with E-state index in [0.29, 0.717) is 17.7 Å². The first-order valence-electron chi connectivity index (χ1n) is 11.1. The Bertz CT molecular complexity index is 1290. The third-order valence-corrected chi connectivity index (χ3v) is 6.94. The fourth-order valence-corrected chi connectivity index (χ4v) is 4.78. The van der Waals surface area contributed by atoms with Crippen LogP contribution in [0.3, 0.4) is 0 Å². The van der Waals surface area contributed by atoms with Crippen molar-refractivity contribution in [1.29, 1.82) is 0 Å². The van der Waals surface area contributed by atoms with Gasteiger partial charge in [0.25, 0.3) is 5.19 Å². The van der Waals surface area contributed by atoms with E-state index in [-0.39, 0.29) is 6.10 Å². The molecule has 0 bridgehead atoms. The topological polar surface area (TPSA) is 81.3 Å². The first-order valence-corrected chi connectivity index (χ1v) is 13.2. The highest BCUT2D eigenvalue weighted by Gasteiger charge is 2.17. The van der Waals surface area contributed by atoms with E-state index in [1.165, 1.54) is 11.3 Å². The van der Waals surface area contributed by atoms with Gasteiger partial charge in [0.1, 0.15) is 6.10 Å². The molecule has 5 heterocycles. The SMILES string of the molecule is CCCc1cnc(N2C=CC([C@H](C)Oc3nn4cc(-c5ccc(SC)nc5)nc4s3)=CC2)nc1. The van der Waals surface area contributed by atoms with Crippen molar-refractivity contribution in [2.75, 3.05) is 17.7 Å². The minimum atomic E-state index is -0.134. The molecule has 10 heteroatoms. The zero-order valence-corrected chi connectivity index (χ0v) is 20.9. The smallest absolute Gasteiger partial charge is 0.294 e. The Kier molecular flexibility index (Phi) is 6.59. The molecule has 0 spiro atoms. The lowest BCUT2D eigenvalue weighted by molar-refractivity contribution is 0.256. The van der Waals surface area contributed by atoms with E-state index in [1.807, 2.05) is 67.3 Å². The molecule has 0 amide bonds. The summed E-state index contributed by atoms with van der Waals surface area (Å²) in [5, 5.41) is 6.13. The Balaban J connectivity index is 1.22. The first-order chi connectivity index (χ1) is 16.6. The maximum Gasteiger partial charge on any atom is 0.294 e. The summed E-state index contributed by atoms with van der Waals surface area (Å²) in [6.45, 7) is 4.87. The molecule has 1 aliphatic rings. The number of hydrogen-bond acceptors (Lipinski definition) is 9. The summed E-state index contributed by atoms with van der Waals surface area (Å²) in [5.41, 5.74) is 4.07. The van der Waals surface area contributed by atoms with Crippen LogP contribution in [0.2, 0.25) is 0 Å². The van der Waals surface area contributed by atoms with Gasteiger partial charge in [-0.3, -0.25) is 0 Å². The van der Waals surface area contributed by atoms with Crippen molar-refractivity contribution in [2.24, 2.45) is 0 Å². The molecule has 0 aromatic carbocycles. The maximum atomic E-state index is 6.12. The fourth-order valence-electron chi connectivity index (χ4n) is 3.61. The molecular weight excluding hydrogens is 466 g/mol. The predicted molar refractivity (Wildman–Crippen MR) is 137 cm³/mol. The van der Waals surface area contributed by atoms with Gasteiger partial charge >= 0.3 is 0 Å². The van der Waals surface area contributed by atoms with E-state index in [9.17, 15) is 0 Å². The normalized spacial score (nSPS) is 14.4. The molecule has 0 unspecified atom stereocenters. The lowest BCUT2D eigenvalue weighted by atomic mass is 10.1. The van der Waals surface area contributed by atoms with E-state index in [4.69, 9.17) is 4.74 Å². The van der Waals surface area contributed by atoms with E-state index >= 15 is 0 Å². The van der Waals surface area contributed by atoms with Gasteiger partial charge in [0.2, 0.25) is 10.9 Å². The van der Waals surface area contributed by atoms with Gasteiger partial charge in [0, 0.05) is 36.9 Å². The average Bonchev–Trinajstić information content (AvgIpc) is 3.44. The molecule has 0 saturated heterocycles. The summed E-state index contributed by atoms with van der Waals surface area (Å²) in [4.78, 5) is 20.9. The molecule has 0 aliphatic carbocycles. The first kappa shape index (κ1) is 22.5. The standard InChI is InChI=1S/C24H25N7OS2/c1-4-5-17-12-26-22(27-13-17)30-10-8-18(9-11-30)16(2)32-24-29-31-15-20(28-23(31)34-24)19-6-7-21(33-3)25-14-19/h6-10,12-16H,4-5,11H2,1-3H3/t16-/m0/s1. The predicted octanol–water partition coefficient (Wildman–Crippen LogP) is 5.04. The third-order valence-electron chi connectivity index (χ3n) is 5.47. The van der Waals surface area contributed by atoms with E-state index < -0.39 is 0 Å². The Hall–Kier alpha value is -3.24. The number of anilines is 1. The van der Waals surface area contributed by atoms with Crippen molar-refractivity contribution in [2.45, 2.75) is 37.8 Å². The second-order valence-electron chi connectivity index (χ2n) is 7.88. The molecule has 174 valence electrons. The molecular formula is C24H25N7OS2. The molecule has 5 rings (SSSR count). The summed E-state index contributed by atoms with van der Waals surface area (Å²) >= 11 is 3.05. The van der Waals surface area contributed by atoms with Crippen molar-refractivity contribution >= 4 is 34.0 Å². The number of nitrogens with zero attached hydrogens (tertiary/aromatic N) is 7. The van der Waals surface area contributed by atoms with Crippen LogP contribution in [0.4, 0.5) is 5.95 Å². The number of pyridine rings is 1. The molecule has 34 heavy (non-hydrogen) atoms. The quantitative estimate of drug-likeness (QED) is 0.317. The lowest BCUT2D eigenvalue weighted by Gasteiger charge is -2.23. The van der Waals surface area contributed by atoms with Crippen molar-refractivity contribution < 1.29 is 4.74 Å². The molecule has 0 N–H and O–H groups in total. The third kappa shape index (κ3) is 4.83. The van der Waals surface area contributed by atoms with Crippen LogP contribution in [-0.4, -0.2) is 48.5 Å². The minimum absolute atomic E-state index is 0.134. The number of rotatable bonds is 8. The second-order valence-corrected chi connectivity index (χ2v) is 9.63. The van der Waals surface area contributed by atoms with Crippen molar-refractivity contribution in [3.63, 3.8) is 0 Å². The van der Waals surface area contributed by atoms with Gasteiger partial charge in [0.05, 0.1) is 16.9 Å². The fraction of sp³-hybridized carbons (Fsp3) is 0.292. The van der Waals surface area contributed by atoms with Gasteiger partial charge in [-0.2, -0.15) is 0 Å². The number of fused-ring (bicyclic) bond motifs is 1. The number of imidazole rings is 1. The Morgan fingerprint density at radius 2 is 2.03 bits per heavy atom. The Morgan fingerprint density at radius 3 is 2.68 bits per heavy atom. The largest absolute Gasteiger partial charge is 0.461 e. The van der Waals surface area contributed by atoms with Crippen LogP contribution in [0.15, 0.2) is 65.9 Å². The van der Waals surface area contributed by atoms with Crippen LogP contribution in [0.1, 0.15) is 25.8 Å². The molecule has 0 fully saturated rings. The monoisotopic (exact) mass is 491 g/mol. The van der Waals surface area contributed by atoms with Gasteiger partial charge in [-0.15, -0.1) is 16.9 Å². The van der Waals surface area contributed by atoms with Crippen molar-refractivity contribution in [3.8, 4) is 16.5 Å². The number of ether oxygens (including phenoxy) is 1. The highest BCUT2D eigenvalue weighted by atomic mass is 32.2. The van der Waals surface area contributed by atoms with Gasteiger partial charge in [-0.05, 0) is 60.3 Å². The minimum Gasteiger partial charge on any atom is -0.461 e. The van der Waals surface area contributed by atoms with Gasteiger partial charge in [-0.25, -0.2) is 24.5 Å². The van der Waals surface area contributed by atoms with Crippen LogP contribution in [0.5, 0.6) is 5.19 Å². The zero-order chi connectivity index (χ0) is 23.5. The molecule has 0 saturated carbocycles. The van der Waals surface area contributed by atoms with Gasteiger partial charge in [-0.1, -0.05) is 19.4 Å². The summed E-state index contributed by atoms with van der Waals surface area (Å²) in [6, 6.07) is 4.03. The van der Waals surface area contributed by atoms with Crippen LogP contribution < -0.4 is 9.64 Å².